The molecule has 0 amide bonds. The molecule has 0 saturated carbocycles. The first-order valence-electron chi connectivity index (χ1n) is 7.48. The zero-order valence-electron chi connectivity index (χ0n) is 12.6. The highest BCUT2D eigenvalue weighted by atomic mass is 32.2. The second-order valence-corrected chi connectivity index (χ2v) is 6.72. The summed E-state index contributed by atoms with van der Waals surface area (Å²) in [4.78, 5) is 9.21. The van der Waals surface area contributed by atoms with Crippen LogP contribution in [0.3, 0.4) is 0 Å². The van der Waals surface area contributed by atoms with Gasteiger partial charge < -0.3 is 5.32 Å². The average molecular weight is 299 g/mol. The normalized spacial score (nSPS) is 23.6. The topological polar surface area (TPSA) is 37.3 Å². The van der Waals surface area contributed by atoms with Crippen LogP contribution in [-0.2, 0) is 6.42 Å². The van der Waals surface area contributed by atoms with E-state index in [1.54, 1.807) is 0 Å². The van der Waals surface area contributed by atoms with Crippen LogP contribution in [0, 0.1) is 0 Å². The molecule has 1 aliphatic rings. The first-order chi connectivity index (χ1) is 10.2. The van der Waals surface area contributed by atoms with Crippen molar-refractivity contribution in [2.24, 2.45) is 4.99 Å². The van der Waals surface area contributed by atoms with E-state index in [1.165, 1.54) is 10.9 Å². The second kappa shape index (κ2) is 6.06. The number of nitrogens with one attached hydrogen (secondary N) is 1. The lowest BCUT2D eigenvalue weighted by Crippen LogP contribution is -2.39. The van der Waals surface area contributed by atoms with Crippen molar-refractivity contribution in [3.8, 4) is 0 Å². The average Bonchev–Trinajstić information content (AvgIpc) is 2.90. The minimum Gasteiger partial charge on any atom is -0.359 e. The molecule has 1 atom stereocenters. The number of benzene rings is 1. The van der Waals surface area contributed by atoms with Crippen LogP contribution in [0.2, 0.25) is 0 Å². The molecule has 1 N–H and O–H groups in total. The van der Waals surface area contributed by atoms with Gasteiger partial charge in [0.2, 0.25) is 0 Å². The molecule has 1 aromatic heterocycles. The number of fused-ring (bicyclic) bond motifs is 1. The van der Waals surface area contributed by atoms with E-state index in [2.05, 4.69) is 48.4 Å². The monoisotopic (exact) mass is 299 g/mol. The summed E-state index contributed by atoms with van der Waals surface area (Å²) in [6, 6.07) is 10.5. The minimum atomic E-state index is 0.213. The maximum absolute atomic E-state index is 4.71. The highest BCUT2D eigenvalue weighted by Crippen LogP contribution is 2.25. The van der Waals surface area contributed by atoms with Crippen LogP contribution < -0.4 is 5.32 Å². The van der Waals surface area contributed by atoms with Gasteiger partial charge in [-0.2, -0.15) is 0 Å². The highest BCUT2D eigenvalue weighted by molar-refractivity contribution is 8.14. The van der Waals surface area contributed by atoms with Gasteiger partial charge in [0.25, 0.3) is 0 Å². The predicted molar refractivity (Wildman–Crippen MR) is 92.0 cm³/mol. The summed E-state index contributed by atoms with van der Waals surface area (Å²) in [6.45, 7) is 5.29. The number of rotatable bonds is 4. The number of hydrogen-bond acceptors (Lipinski definition) is 3. The summed E-state index contributed by atoms with van der Waals surface area (Å²) >= 11 is 1.84. The van der Waals surface area contributed by atoms with Crippen LogP contribution in [0.25, 0.3) is 10.9 Å². The fourth-order valence-electron chi connectivity index (χ4n) is 2.48. The van der Waals surface area contributed by atoms with Crippen LogP contribution >= 0.6 is 11.8 Å². The van der Waals surface area contributed by atoms with Crippen molar-refractivity contribution in [3.63, 3.8) is 0 Å². The molecule has 1 aromatic carbocycles. The second-order valence-electron chi connectivity index (χ2n) is 5.76. The minimum absolute atomic E-state index is 0.213. The van der Waals surface area contributed by atoms with Gasteiger partial charge in [0.15, 0.2) is 5.17 Å². The van der Waals surface area contributed by atoms with E-state index in [-0.39, 0.29) is 5.54 Å². The Morgan fingerprint density at radius 1 is 1.33 bits per heavy atom. The Labute approximate surface area is 130 Å². The lowest BCUT2D eigenvalue weighted by atomic mass is 10.0. The number of para-hydroxylation sites is 1. The molecule has 0 spiro atoms. The molecule has 0 aliphatic carbocycles. The van der Waals surface area contributed by atoms with Crippen molar-refractivity contribution in [2.45, 2.75) is 32.2 Å². The van der Waals surface area contributed by atoms with Crippen molar-refractivity contribution >= 4 is 27.8 Å². The summed E-state index contributed by atoms with van der Waals surface area (Å²) in [7, 11) is 0. The number of nitrogens with zero attached hydrogens (tertiary/aromatic N) is 2. The van der Waals surface area contributed by atoms with E-state index in [0.717, 1.165) is 35.8 Å². The molecule has 0 radical (unpaired) electrons. The maximum Gasteiger partial charge on any atom is 0.157 e. The Morgan fingerprint density at radius 3 is 3.00 bits per heavy atom. The molecule has 1 unspecified atom stereocenters. The molecular formula is C17H21N3S. The van der Waals surface area contributed by atoms with Crippen LogP contribution in [-0.4, -0.2) is 28.0 Å². The van der Waals surface area contributed by atoms with E-state index in [0.29, 0.717) is 0 Å². The Bertz CT molecular complexity index is 663. The van der Waals surface area contributed by atoms with Gasteiger partial charge in [0, 0.05) is 29.4 Å². The van der Waals surface area contributed by atoms with Crippen LogP contribution in [0.1, 0.15) is 25.8 Å². The molecule has 1 fully saturated rings. The van der Waals surface area contributed by atoms with Gasteiger partial charge in [0.05, 0.1) is 5.52 Å². The van der Waals surface area contributed by atoms with Crippen molar-refractivity contribution in [1.82, 2.24) is 10.3 Å². The number of thioether (sulfide) groups is 1. The predicted octanol–water partition coefficient (Wildman–Crippen LogP) is 3.64. The summed E-state index contributed by atoms with van der Waals surface area (Å²) in [5, 5.41) is 5.83. The third kappa shape index (κ3) is 3.21. The third-order valence-electron chi connectivity index (χ3n) is 4.07. The Balaban J connectivity index is 1.68. The molecule has 1 saturated heterocycles. The zero-order valence-corrected chi connectivity index (χ0v) is 13.4. The lowest BCUT2D eigenvalue weighted by Gasteiger charge is -2.20. The van der Waals surface area contributed by atoms with E-state index in [9.17, 15) is 0 Å². The number of hydrogen-bond donors (Lipinski definition) is 1. The largest absolute Gasteiger partial charge is 0.359 e. The Kier molecular flexibility index (Phi) is 4.15. The fraction of sp³-hybridized carbons (Fsp3) is 0.412. The third-order valence-corrected chi connectivity index (χ3v) is 5.36. The van der Waals surface area contributed by atoms with Crippen molar-refractivity contribution in [2.75, 3.05) is 12.3 Å². The van der Waals surface area contributed by atoms with Crippen molar-refractivity contribution < 1.29 is 0 Å². The van der Waals surface area contributed by atoms with E-state index < -0.39 is 0 Å². The highest BCUT2D eigenvalue weighted by Gasteiger charge is 2.30. The van der Waals surface area contributed by atoms with Gasteiger partial charge in [-0.05, 0) is 31.4 Å². The standard InChI is InChI=1S/C17H21N3S/c1-3-17(2)12-21-16(20-17)19-11-9-14-7-4-6-13-8-5-10-18-15(13)14/h4-8,10H,3,9,11-12H2,1-2H3,(H,19,20). The summed E-state index contributed by atoms with van der Waals surface area (Å²) in [5.41, 5.74) is 2.59. The molecule has 110 valence electrons. The smallest absolute Gasteiger partial charge is 0.157 e. The van der Waals surface area contributed by atoms with E-state index >= 15 is 0 Å². The first-order valence-corrected chi connectivity index (χ1v) is 8.47. The van der Waals surface area contributed by atoms with Crippen LogP contribution in [0.15, 0.2) is 41.5 Å². The first kappa shape index (κ1) is 14.4. The van der Waals surface area contributed by atoms with Gasteiger partial charge in [-0.25, -0.2) is 0 Å². The summed E-state index contributed by atoms with van der Waals surface area (Å²) < 4.78 is 0. The molecular weight excluding hydrogens is 278 g/mol. The number of amidine groups is 1. The van der Waals surface area contributed by atoms with Crippen LogP contribution in [0.5, 0.6) is 0 Å². The van der Waals surface area contributed by atoms with Crippen LogP contribution in [0.4, 0.5) is 0 Å². The van der Waals surface area contributed by atoms with Gasteiger partial charge >= 0.3 is 0 Å². The maximum atomic E-state index is 4.71. The number of aromatic nitrogens is 1. The summed E-state index contributed by atoms with van der Waals surface area (Å²) in [6.07, 6.45) is 3.92. The van der Waals surface area contributed by atoms with Gasteiger partial charge in [-0.1, -0.05) is 43.0 Å². The molecule has 21 heavy (non-hydrogen) atoms. The van der Waals surface area contributed by atoms with Gasteiger partial charge in [-0.15, -0.1) is 0 Å². The number of aliphatic imine (C=N–C) groups is 1. The lowest BCUT2D eigenvalue weighted by molar-refractivity contribution is 0.466. The molecule has 3 rings (SSSR count). The molecule has 0 bridgehead atoms. The fourth-order valence-corrected chi connectivity index (χ4v) is 3.71. The number of pyridine rings is 1. The Hall–Kier alpha value is -1.55. The van der Waals surface area contributed by atoms with Crippen molar-refractivity contribution in [1.29, 1.82) is 0 Å². The Morgan fingerprint density at radius 2 is 2.19 bits per heavy atom. The molecule has 4 heteroatoms. The van der Waals surface area contributed by atoms with Crippen molar-refractivity contribution in [3.05, 3.63) is 42.1 Å². The quantitative estimate of drug-likeness (QED) is 0.936. The zero-order chi connectivity index (χ0) is 14.7. The molecule has 1 aliphatic heterocycles. The van der Waals surface area contributed by atoms with Gasteiger partial charge in [0.1, 0.15) is 0 Å². The van der Waals surface area contributed by atoms with Gasteiger partial charge in [-0.3, -0.25) is 9.98 Å². The van der Waals surface area contributed by atoms with E-state index in [4.69, 9.17) is 4.99 Å². The molecule has 2 heterocycles. The molecule has 3 nitrogen and oxygen atoms in total. The SMILES string of the molecule is CCC1(C)CSC(=NCCc2cccc3cccnc23)N1. The van der Waals surface area contributed by atoms with E-state index in [1.807, 2.05) is 24.0 Å². The molecule has 2 aromatic rings. The summed E-state index contributed by atoms with van der Waals surface area (Å²) in [5.74, 6) is 1.11.